The van der Waals surface area contributed by atoms with E-state index in [-0.39, 0.29) is 11.7 Å². The van der Waals surface area contributed by atoms with Crippen molar-refractivity contribution in [2.75, 3.05) is 13.6 Å². The van der Waals surface area contributed by atoms with Gasteiger partial charge in [0.15, 0.2) is 0 Å². The molecule has 1 aliphatic rings. The zero-order chi connectivity index (χ0) is 17.3. The third kappa shape index (κ3) is 3.60. The lowest BCUT2D eigenvalue weighted by Crippen LogP contribution is -2.30. The van der Waals surface area contributed by atoms with E-state index >= 15 is 0 Å². The summed E-state index contributed by atoms with van der Waals surface area (Å²) in [7, 11) is 1.69. The fourth-order valence-corrected chi connectivity index (χ4v) is 2.69. The maximum atomic E-state index is 12.6. The van der Waals surface area contributed by atoms with Gasteiger partial charge in [-0.1, -0.05) is 23.7 Å². The number of para-hydroxylation sites is 1. The van der Waals surface area contributed by atoms with Crippen molar-refractivity contribution in [3.8, 4) is 5.69 Å². The molecule has 0 spiro atoms. The molecule has 2 aromatic rings. The minimum Gasteiger partial charge on any atom is -0.393 e. The first-order chi connectivity index (χ1) is 11.5. The van der Waals surface area contributed by atoms with E-state index in [2.05, 4.69) is 10.1 Å². The third-order valence-corrected chi connectivity index (χ3v) is 4.40. The van der Waals surface area contributed by atoms with Gasteiger partial charge < -0.3 is 10.0 Å². The topological polar surface area (TPSA) is 71.2 Å². The minimum absolute atomic E-state index is 0.171. The van der Waals surface area contributed by atoms with Crippen LogP contribution in [0.5, 0.6) is 0 Å². The minimum atomic E-state index is -0.448. The van der Waals surface area contributed by atoms with Gasteiger partial charge in [-0.2, -0.15) is 0 Å². The molecule has 0 radical (unpaired) electrons. The van der Waals surface area contributed by atoms with Crippen molar-refractivity contribution in [3.63, 3.8) is 0 Å². The Hall–Kier alpha value is -1.92. The van der Waals surface area contributed by atoms with Crippen LogP contribution in [0.2, 0.25) is 5.02 Å². The molecule has 1 unspecified atom stereocenters. The Labute approximate surface area is 146 Å². The van der Waals surface area contributed by atoms with Crippen molar-refractivity contribution in [2.45, 2.75) is 38.2 Å². The molecule has 1 aromatic heterocycles. The van der Waals surface area contributed by atoms with Crippen LogP contribution in [-0.4, -0.2) is 50.4 Å². The molecule has 1 heterocycles. The van der Waals surface area contributed by atoms with E-state index in [9.17, 15) is 9.90 Å². The van der Waals surface area contributed by atoms with Crippen LogP contribution in [0.1, 0.15) is 48.5 Å². The SMILES string of the molecule is CC(O)CCN(C)C(=O)c1nc(C2CC2)n(-c2ccccc2Cl)n1. The highest BCUT2D eigenvalue weighted by Gasteiger charge is 2.32. The second-order valence-corrected chi connectivity index (χ2v) is 6.70. The summed E-state index contributed by atoms with van der Waals surface area (Å²) in [6, 6.07) is 7.41. The van der Waals surface area contributed by atoms with Gasteiger partial charge in [0.2, 0.25) is 5.82 Å². The van der Waals surface area contributed by atoms with Crippen LogP contribution in [0.25, 0.3) is 5.69 Å². The van der Waals surface area contributed by atoms with Crippen LogP contribution >= 0.6 is 11.6 Å². The molecule has 1 aromatic carbocycles. The van der Waals surface area contributed by atoms with Gasteiger partial charge in [-0.05, 0) is 38.3 Å². The zero-order valence-electron chi connectivity index (χ0n) is 13.8. The molecule has 1 fully saturated rings. The van der Waals surface area contributed by atoms with Crippen molar-refractivity contribution in [3.05, 3.63) is 40.9 Å². The molecule has 1 amide bonds. The first kappa shape index (κ1) is 16.9. The van der Waals surface area contributed by atoms with Crippen molar-refractivity contribution in [1.29, 1.82) is 0 Å². The molecular formula is C17H21ClN4O2. The Morgan fingerprint density at radius 3 is 2.79 bits per heavy atom. The van der Waals surface area contributed by atoms with E-state index in [4.69, 9.17) is 11.6 Å². The van der Waals surface area contributed by atoms with Crippen LogP contribution < -0.4 is 0 Å². The van der Waals surface area contributed by atoms with E-state index in [1.54, 1.807) is 24.7 Å². The molecule has 3 rings (SSSR count). The van der Waals surface area contributed by atoms with Crippen molar-refractivity contribution in [1.82, 2.24) is 19.7 Å². The van der Waals surface area contributed by atoms with Crippen LogP contribution in [0.4, 0.5) is 0 Å². The molecule has 1 saturated carbocycles. The van der Waals surface area contributed by atoms with Gasteiger partial charge in [-0.15, -0.1) is 5.10 Å². The van der Waals surface area contributed by atoms with Crippen LogP contribution in [-0.2, 0) is 0 Å². The predicted octanol–water partition coefficient (Wildman–Crippen LogP) is 2.64. The second kappa shape index (κ2) is 6.91. The molecule has 128 valence electrons. The lowest BCUT2D eigenvalue weighted by atomic mass is 10.3. The molecule has 0 aliphatic heterocycles. The third-order valence-electron chi connectivity index (χ3n) is 4.08. The van der Waals surface area contributed by atoms with Gasteiger partial charge in [0.1, 0.15) is 5.82 Å². The highest BCUT2D eigenvalue weighted by atomic mass is 35.5. The number of amides is 1. The largest absolute Gasteiger partial charge is 0.393 e. The molecule has 24 heavy (non-hydrogen) atoms. The van der Waals surface area contributed by atoms with Crippen LogP contribution in [0.3, 0.4) is 0 Å². The highest BCUT2D eigenvalue weighted by molar-refractivity contribution is 6.32. The van der Waals surface area contributed by atoms with E-state index in [1.165, 1.54) is 4.90 Å². The van der Waals surface area contributed by atoms with Gasteiger partial charge in [0.25, 0.3) is 5.91 Å². The Morgan fingerprint density at radius 2 is 2.17 bits per heavy atom. The summed E-state index contributed by atoms with van der Waals surface area (Å²) < 4.78 is 1.69. The second-order valence-electron chi connectivity index (χ2n) is 6.30. The van der Waals surface area contributed by atoms with Gasteiger partial charge >= 0.3 is 0 Å². The average Bonchev–Trinajstić information content (AvgIpc) is 3.31. The molecule has 0 bridgehead atoms. The summed E-state index contributed by atoms with van der Waals surface area (Å²) in [4.78, 5) is 18.6. The number of hydrogen-bond donors (Lipinski definition) is 1. The fourth-order valence-electron chi connectivity index (χ4n) is 2.47. The average molecular weight is 349 g/mol. The van der Waals surface area contributed by atoms with Crippen LogP contribution in [0.15, 0.2) is 24.3 Å². The van der Waals surface area contributed by atoms with E-state index < -0.39 is 6.10 Å². The normalized spacial score (nSPS) is 15.3. The summed E-state index contributed by atoms with van der Waals surface area (Å²) in [5.41, 5.74) is 0.735. The first-order valence-electron chi connectivity index (χ1n) is 8.12. The Morgan fingerprint density at radius 1 is 1.46 bits per heavy atom. The van der Waals surface area contributed by atoms with Crippen LogP contribution in [0, 0.1) is 0 Å². The number of aliphatic hydroxyl groups is 1. The number of carbonyl (C=O) groups excluding carboxylic acids is 1. The van der Waals surface area contributed by atoms with Gasteiger partial charge in [-0.25, -0.2) is 9.67 Å². The standard InChI is InChI=1S/C17H21ClN4O2/c1-11(23)9-10-21(2)17(24)15-19-16(12-7-8-12)22(20-15)14-6-4-3-5-13(14)18/h3-6,11-12,23H,7-10H2,1-2H3. The number of rotatable bonds is 6. The summed E-state index contributed by atoms with van der Waals surface area (Å²) >= 11 is 6.28. The molecule has 7 heteroatoms. The predicted molar refractivity (Wildman–Crippen MR) is 91.6 cm³/mol. The fraction of sp³-hybridized carbons (Fsp3) is 0.471. The Balaban J connectivity index is 1.89. The van der Waals surface area contributed by atoms with E-state index in [1.807, 2.05) is 18.2 Å². The maximum Gasteiger partial charge on any atom is 0.293 e. The number of aliphatic hydroxyl groups excluding tert-OH is 1. The zero-order valence-corrected chi connectivity index (χ0v) is 14.6. The first-order valence-corrected chi connectivity index (χ1v) is 8.50. The van der Waals surface area contributed by atoms with Gasteiger partial charge in [-0.3, -0.25) is 4.79 Å². The number of aromatic nitrogens is 3. The number of halogens is 1. The molecule has 1 aliphatic carbocycles. The lowest BCUT2D eigenvalue weighted by molar-refractivity contribution is 0.0757. The summed E-state index contributed by atoms with van der Waals surface area (Å²) in [5.74, 6) is 1.04. The Bertz CT molecular complexity index is 740. The lowest BCUT2D eigenvalue weighted by Gasteiger charge is -2.15. The quantitative estimate of drug-likeness (QED) is 0.871. The summed E-state index contributed by atoms with van der Waals surface area (Å²) in [6.07, 6.45) is 2.17. The van der Waals surface area contributed by atoms with Crippen molar-refractivity contribution < 1.29 is 9.90 Å². The smallest absolute Gasteiger partial charge is 0.293 e. The Kier molecular flexibility index (Phi) is 4.87. The molecule has 6 nitrogen and oxygen atoms in total. The molecule has 0 saturated heterocycles. The highest BCUT2D eigenvalue weighted by Crippen LogP contribution is 2.40. The number of nitrogens with zero attached hydrogens (tertiary/aromatic N) is 4. The van der Waals surface area contributed by atoms with E-state index in [0.29, 0.717) is 23.9 Å². The van der Waals surface area contributed by atoms with Gasteiger partial charge in [0, 0.05) is 19.5 Å². The van der Waals surface area contributed by atoms with Crippen molar-refractivity contribution in [2.24, 2.45) is 0 Å². The molecule has 1 atom stereocenters. The van der Waals surface area contributed by atoms with Crippen molar-refractivity contribution >= 4 is 17.5 Å². The molecule has 1 N–H and O–H groups in total. The number of benzene rings is 1. The van der Waals surface area contributed by atoms with Gasteiger partial charge in [0.05, 0.1) is 16.8 Å². The monoisotopic (exact) mass is 348 g/mol. The summed E-state index contributed by atoms with van der Waals surface area (Å²) in [5, 5.41) is 14.4. The number of carbonyl (C=O) groups is 1. The maximum absolute atomic E-state index is 12.6. The van der Waals surface area contributed by atoms with E-state index in [0.717, 1.165) is 24.4 Å². The summed E-state index contributed by atoms with van der Waals surface area (Å²) in [6.45, 7) is 2.16. The number of hydrogen-bond acceptors (Lipinski definition) is 4. The molecular weight excluding hydrogens is 328 g/mol.